The van der Waals surface area contributed by atoms with E-state index >= 15 is 0 Å². The molecule has 0 radical (unpaired) electrons. The molecule has 2 saturated heterocycles. The fourth-order valence-electron chi connectivity index (χ4n) is 3.06. The number of nitrogens with zero attached hydrogens (tertiary/aromatic N) is 4. The number of esters is 1. The minimum Gasteiger partial charge on any atom is -0.464 e. The van der Waals surface area contributed by atoms with Crippen molar-refractivity contribution in [2.24, 2.45) is 0 Å². The fraction of sp³-hybridized carbons (Fsp3) is 0.800. The van der Waals surface area contributed by atoms with Crippen molar-refractivity contribution in [2.45, 2.75) is 45.2 Å². The molecule has 7 nitrogen and oxygen atoms in total. The summed E-state index contributed by atoms with van der Waals surface area (Å²) in [7, 11) is 0. The second-order valence-corrected chi connectivity index (χ2v) is 6.37. The first-order valence-electron chi connectivity index (χ1n) is 8.04. The predicted octanol–water partition coefficient (Wildman–Crippen LogP) is 1.19. The van der Waals surface area contributed by atoms with Gasteiger partial charge in [0.25, 0.3) is 0 Å². The van der Waals surface area contributed by atoms with E-state index in [9.17, 15) is 4.79 Å². The highest BCUT2D eigenvalue weighted by Gasteiger charge is 2.35. The molecule has 3 heterocycles. The van der Waals surface area contributed by atoms with Gasteiger partial charge in [-0.15, -0.1) is 0 Å². The van der Waals surface area contributed by atoms with E-state index in [1.165, 1.54) is 0 Å². The zero-order valence-electron chi connectivity index (χ0n) is 13.5. The summed E-state index contributed by atoms with van der Waals surface area (Å²) in [6.45, 7) is 10.3. The van der Waals surface area contributed by atoms with Crippen LogP contribution in [0.25, 0.3) is 0 Å². The fourth-order valence-corrected chi connectivity index (χ4v) is 3.06. The summed E-state index contributed by atoms with van der Waals surface area (Å²) < 4.78 is 10.5. The molecule has 0 saturated carbocycles. The van der Waals surface area contributed by atoms with E-state index in [1.54, 1.807) is 0 Å². The standard InChI is InChI=1S/C15H24N4O3/c1-10(2)13-16-14(22-17-13)11(3)18-5-7-19(8-6-18)12-4-9-21-15(12)20/h10-12H,4-9H2,1-3H3/t11-,12+/m0/s1. The Kier molecular flexibility index (Phi) is 4.44. The lowest BCUT2D eigenvalue weighted by molar-refractivity contribution is -0.143. The summed E-state index contributed by atoms with van der Waals surface area (Å²) in [5.74, 6) is 1.64. The SMILES string of the molecule is CC(C)c1noc([C@H](C)N2CCN([C@@H]3CCOC3=O)CC2)n1. The van der Waals surface area contributed by atoms with E-state index in [-0.39, 0.29) is 24.0 Å². The van der Waals surface area contributed by atoms with Gasteiger partial charge in [0.05, 0.1) is 12.6 Å². The van der Waals surface area contributed by atoms with Crippen molar-refractivity contribution in [2.75, 3.05) is 32.8 Å². The molecule has 0 N–H and O–H groups in total. The van der Waals surface area contributed by atoms with Crippen LogP contribution in [-0.4, -0.2) is 64.7 Å². The Balaban J connectivity index is 1.57. The van der Waals surface area contributed by atoms with Crippen molar-refractivity contribution in [3.8, 4) is 0 Å². The zero-order chi connectivity index (χ0) is 15.7. The number of carbonyl (C=O) groups is 1. The lowest BCUT2D eigenvalue weighted by Crippen LogP contribution is -2.52. The molecule has 0 spiro atoms. The van der Waals surface area contributed by atoms with Crippen LogP contribution in [0.15, 0.2) is 4.52 Å². The van der Waals surface area contributed by atoms with Gasteiger partial charge in [0.2, 0.25) is 5.89 Å². The Morgan fingerprint density at radius 3 is 2.45 bits per heavy atom. The van der Waals surface area contributed by atoms with Gasteiger partial charge in [-0.3, -0.25) is 14.6 Å². The molecule has 0 unspecified atom stereocenters. The number of hydrogen-bond acceptors (Lipinski definition) is 7. The summed E-state index contributed by atoms with van der Waals surface area (Å²) in [6, 6.07) is 0.0612. The van der Waals surface area contributed by atoms with E-state index < -0.39 is 0 Å². The number of aromatic nitrogens is 2. The molecule has 3 rings (SSSR count). The van der Waals surface area contributed by atoms with E-state index in [2.05, 4.69) is 40.7 Å². The average Bonchev–Trinajstić information content (AvgIpc) is 3.15. The van der Waals surface area contributed by atoms with E-state index in [4.69, 9.17) is 9.26 Å². The van der Waals surface area contributed by atoms with E-state index in [0.29, 0.717) is 12.5 Å². The molecule has 0 bridgehead atoms. The van der Waals surface area contributed by atoms with Crippen molar-refractivity contribution in [1.82, 2.24) is 19.9 Å². The molecule has 22 heavy (non-hydrogen) atoms. The van der Waals surface area contributed by atoms with E-state index in [0.717, 1.165) is 38.4 Å². The van der Waals surface area contributed by atoms with Gasteiger partial charge in [0, 0.05) is 38.5 Å². The van der Waals surface area contributed by atoms with Gasteiger partial charge in [-0.05, 0) is 6.92 Å². The molecule has 2 fully saturated rings. The number of hydrogen-bond donors (Lipinski definition) is 0. The minimum absolute atomic E-state index is 0.0478. The van der Waals surface area contributed by atoms with Gasteiger partial charge >= 0.3 is 5.97 Å². The van der Waals surface area contributed by atoms with Gasteiger partial charge in [-0.2, -0.15) is 4.98 Å². The third-order valence-electron chi connectivity index (χ3n) is 4.58. The van der Waals surface area contributed by atoms with Crippen LogP contribution in [-0.2, 0) is 9.53 Å². The molecule has 1 aromatic rings. The van der Waals surface area contributed by atoms with Crippen molar-refractivity contribution in [3.05, 3.63) is 11.7 Å². The predicted molar refractivity (Wildman–Crippen MR) is 79.3 cm³/mol. The van der Waals surface area contributed by atoms with Crippen LogP contribution in [0.4, 0.5) is 0 Å². The third-order valence-corrected chi connectivity index (χ3v) is 4.58. The maximum atomic E-state index is 11.7. The van der Waals surface area contributed by atoms with Gasteiger partial charge < -0.3 is 9.26 Å². The lowest BCUT2D eigenvalue weighted by atomic mass is 10.1. The second kappa shape index (κ2) is 6.34. The largest absolute Gasteiger partial charge is 0.464 e. The molecular formula is C15H24N4O3. The Morgan fingerprint density at radius 1 is 1.18 bits per heavy atom. The van der Waals surface area contributed by atoms with Crippen LogP contribution in [0.2, 0.25) is 0 Å². The number of cyclic esters (lactones) is 1. The molecule has 2 aliphatic rings. The van der Waals surface area contributed by atoms with Gasteiger partial charge in [0.1, 0.15) is 6.04 Å². The number of ether oxygens (including phenoxy) is 1. The summed E-state index contributed by atoms with van der Waals surface area (Å²) >= 11 is 0. The van der Waals surface area contributed by atoms with Crippen molar-refractivity contribution < 1.29 is 14.1 Å². The maximum absolute atomic E-state index is 11.7. The topological polar surface area (TPSA) is 71.7 Å². The Bertz CT molecular complexity index is 523. The Morgan fingerprint density at radius 2 is 1.91 bits per heavy atom. The molecule has 0 amide bonds. The Hall–Kier alpha value is -1.47. The van der Waals surface area contributed by atoms with Crippen LogP contribution in [0.1, 0.15) is 50.9 Å². The first kappa shape index (κ1) is 15.4. The highest BCUT2D eigenvalue weighted by Crippen LogP contribution is 2.23. The first-order chi connectivity index (χ1) is 10.6. The molecule has 2 aliphatic heterocycles. The summed E-state index contributed by atoms with van der Waals surface area (Å²) in [5, 5.41) is 4.04. The van der Waals surface area contributed by atoms with Crippen LogP contribution in [0, 0.1) is 0 Å². The van der Waals surface area contributed by atoms with Crippen LogP contribution in [0.3, 0.4) is 0 Å². The van der Waals surface area contributed by atoms with Crippen molar-refractivity contribution in [3.63, 3.8) is 0 Å². The van der Waals surface area contributed by atoms with E-state index in [1.807, 2.05) is 0 Å². The minimum atomic E-state index is -0.0695. The quantitative estimate of drug-likeness (QED) is 0.774. The van der Waals surface area contributed by atoms with Crippen LogP contribution < -0.4 is 0 Å². The van der Waals surface area contributed by atoms with Crippen LogP contribution in [0.5, 0.6) is 0 Å². The molecule has 122 valence electrons. The van der Waals surface area contributed by atoms with Gasteiger partial charge in [0.15, 0.2) is 5.82 Å². The molecular weight excluding hydrogens is 284 g/mol. The van der Waals surface area contributed by atoms with Crippen molar-refractivity contribution in [1.29, 1.82) is 0 Å². The number of carbonyl (C=O) groups excluding carboxylic acids is 1. The average molecular weight is 308 g/mol. The molecule has 7 heteroatoms. The maximum Gasteiger partial charge on any atom is 0.323 e. The third kappa shape index (κ3) is 3.01. The van der Waals surface area contributed by atoms with Gasteiger partial charge in [-0.25, -0.2) is 0 Å². The monoisotopic (exact) mass is 308 g/mol. The first-order valence-corrected chi connectivity index (χ1v) is 8.04. The molecule has 1 aromatic heterocycles. The lowest BCUT2D eigenvalue weighted by Gasteiger charge is -2.38. The second-order valence-electron chi connectivity index (χ2n) is 6.37. The summed E-state index contributed by atoms with van der Waals surface area (Å²) in [4.78, 5) is 20.7. The smallest absolute Gasteiger partial charge is 0.323 e. The van der Waals surface area contributed by atoms with Gasteiger partial charge in [-0.1, -0.05) is 19.0 Å². The number of rotatable bonds is 4. The number of piperazine rings is 1. The molecule has 0 aromatic carbocycles. The summed E-state index contributed by atoms with van der Waals surface area (Å²) in [6.07, 6.45) is 0.815. The molecule has 0 aliphatic carbocycles. The highest BCUT2D eigenvalue weighted by molar-refractivity contribution is 5.77. The van der Waals surface area contributed by atoms with Crippen molar-refractivity contribution >= 4 is 5.97 Å². The normalized spacial score (nSPS) is 25.6. The van der Waals surface area contributed by atoms with Crippen LogP contribution >= 0.6 is 0 Å². The Labute approximate surface area is 130 Å². The molecule has 2 atom stereocenters. The summed E-state index contributed by atoms with van der Waals surface area (Å²) in [5.41, 5.74) is 0. The zero-order valence-corrected chi connectivity index (χ0v) is 13.5. The highest BCUT2D eigenvalue weighted by atomic mass is 16.5.